The van der Waals surface area contributed by atoms with Gasteiger partial charge in [0.15, 0.2) is 0 Å². The third-order valence-electron chi connectivity index (χ3n) is 6.92. The first kappa shape index (κ1) is 24.9. The number of hydrogen-bond donors (Lipinski definition) is 2. The zero-order valence-corrected chi connectivity index (χ0v) is 20.7. The molecule has 3 rings (SSSR count). The zero-order valence-electron chi connectivity index (χ0n) is 20.7. The maximum Gasteiger partial charge on any atom is 0.217 e. The molecule has 7 heteroatoms. The average molecular weight is 446 g/mol. The molecule has 1 aromatic heterocycles. The highest BCUT2D eigenvalue weighted by Crippen LogP contribution is 2.28. The second kappa shape index (κ2) is 10.9. The molecule has 0 spiro atoms. The van der Waals surface area contributed by atoms with Crippen molar-refractivity contribution >= 4 is 11.7 Å². The SMILES string of the molecule is CC(=O)N[C@H]1CC[C@H](CCN2CCN(c3cc(CCO)nc(C(C)(C)C)n3)[C@H](C)C2)CC1. The highest BCUT2D eigenvalue weighted by atomic mass is 16.3. The molecule has 0 unspecified atom stereocenters. The molecule has 1 saturated heterocycles. The van der Waals surface area contributed by atoms with Crippen molar-refractivity contribution < 1.29 is 9.90 Å². The molecule has 1 aliphatic carbocycles. The standard InChI is InChI=1S/C25H43N5O2/c1-18-17-29(12-10-20-6-8-21(9-7-20)26-19(2)32)13-14-30(18)23-16-22(11-15-31)27-24(28-23)25(3,4)5/h16,18,20-21,31H,6-15,17H2,1-5H3,(H,26,32)/t18-,20-,21-/m1/s1. The summed E-state index contributed by atoms with van der Waals surface area (Å²) >= 11 is 0. The summed E-state index contributed by atoms with van der Waals surface area (Å²) in [6.07, 6.45) is 6.51. The van der Waals surface area contributed by atoms with Crippen LogP contribution < -0.4 is 10.2 Å². The number of nitrogens with one attached hydrogen (secondary N) is 1. The quantitative estimate of drug-likeness (QED) is 0.672. The average Bonchev–Trinajstić information content (AvgIpc) is 2.72. The van der Waals surface area contributed by atoms with E-state index in [-0.39, 0.29) is 17.9 Å². The Hall–Kier alpha value is -1.73. The minimum absolute atomic E-state index is 0.0992. The van der Waals surface area contributed by atoms with Crippen LogP contribution in [0.4, 0.5) is 5.82 Å². The van der Waals surface area contributed by atoms with Gasteiger partial charge in [-0.15, -0.1) is 0 Å². The zero-order chi connectivity index (χ0) is 23.3. The maximum atomic E-state index is 11.3. The van der Waals surface area contributed by atoms with Crippen LogP contribution in [-0.2, 0) is 16.6 Å². The smallest absolute Gasteiger partial charge is 0.217 e. The maximum absolute atomic E-state index is 11.3. The predicted molar refractivity (Wildman–Crippen MR) is 129 cm³/mol. The molecule has 0 radical (unpaired) electrons. The van der Waals surface area contributed by atoms with Gasteiger partial charge in [-0.2, -0.15) is 0 Å². The van der Waals surface area contributed by atoms with Crippen LogP contribution in [0.25, 0.3) is 0 Å². The van der Waals surface area contributed by atoms with E-state index >= 15 is 0 Å². The number of rotatable bonds is 7. The van der Waals surface area contributed by atoms with Gasteiger partial charge in [0.1, 0.15) is 11.6 Å². The van der Waals surface area contributed by atoms with E-state index in [0.717, 1.165) is 62.3 Å². The van der Waals surface area contributed by atoms with Crippen LogP contribution in [0.2, 0.25) is 0 Å². The number of aliphatic hydroxyl groups is 1. The summed E-state index contributed by atoms with van der Waals surface area (Å²) in [6.45, 7) is 14.6. The highest BCUT2D eigenvalue weighted by molar-refractivity contribution is 5.73. The molecule has 2 heterocycles. The summed E-state index contributed by atoms with van der Waals surface area (Å²) in [6, 6.07) is 2.84. The van der Waals surface area contributed by atoms with Crippen molar-refractivity contribution in [3.8, 4) is 0 Å². The van der Waals surface area contributed by atoms with Crippen molar-refractivity contribution in [3.63, 3.8) is 0 Å². The fourth-order valence-electron chi connectivity index (χ4n) is 5.03. The van der Waals surface area contributed by atoms with E-state index in [1.807, 2.05) is 0 Å². The van der Waals surface area contributed by atoms with Gasteiger partial charge in [0.2, 0.25) is 5.91 Å². The number of anilines is 1. The highest BCUT2D eigenvalue weighted by Gasteiger charge is 2.28. The second-order valence-corrected chi connectivity index (χ2v) is 10.8. The third kappa shape index (κ3) is 6.88. The van der Waals surface area contributed by atoms with Crippen molar-refractivity contribution in [3.05, 3.63) is 17.6 Å². The predicted octanol–water partition coefficient (Wildman–Crippen LogP) is 2.90. The minimum atomic E-state index is -0.121. The number of amides is 1. The number of hydrogen-bond acceptors (Lipinski definition) is 6. The van der Waals surface area contributed by atoms with Gasteiger partial charge in [0, 0.05) is 68.8 Å². The van der Waals surface area contributed by atoms with Gasteiger partial charge in [0.05, 0.1) is 0 Å². The van der Waals surface area contributed by atoms with Crippen molar-refractivity contribution in [2.75, 3.05) is 37.7 Å². The molecule has 2 fully saturated rings. The molecular formula is C25H43N5O2. The van der Waals surface area contributed by atoms with Gasteiger partial charge in [0.25, 0.3) is 0 Å². The lowest BCUT2D eigenvalue weighted by atomic mass is 9.84. The Bertz CT molecular complexity index is 755. The largest absolute Gasteiger partial charge is 0.396 e. The van der Waals surface area contributed by atoms with Crippen molar-refractivity contribution in [1.29, 1.82) is 0 Å². The van der Waals surface area contributed by atoms with Gasteiger partial charge >= 0.3 is 0 Å². The van der Waals surface area contributed by atoms with Gasteiger partial charge in [-0.05, 0) is 51.5 Å². The van der Waals surface area contributed by atoms with Crippen LogP contribution >= 0.6 is 0 Å². The number of carbonyl (C=O) groups excluding carboxylic acids is 1. The first-order chi connectivity index (χ1) is 15.2. The van der Waals surface area contributed by atoms with Gasteiger partial charge in [-0.3, -0.25) is 9.69 Å². The Kier molecular flexibility index (Phi) is 8.50. The first-order valence-corrected chi connectivity index (χ1v) is 12.4. The molecule has 1 saturated carbocycles. The van der Waals surface area contributed by atoms with E-state index in [1.165, 1.54) is 19.3 Å². The fraction of sp³-hybridized carbons (Fsp3) is 0.800. The van der Waals surface area contributed by atoms with Gasteiger partial charge < -0.3 is 15.3 Å². The number of aromatic nitrogens is 2. The van der Waals surface area contributed by atoms with Crippen molar-refractivity contribution in [2.45, 2.75) is 90.6 Å². The van der Waals surface area contributed by atoms with Crippen molar-refractivity contribution in [2.24, 2.45) is 5.92 Å². The van der Waals surface area contributed by atoms with E-state index < -0.39 is 0 Å². The summed E-state index contributed by atoms with van der Waals surface area (Å²) in [5.74, 6) is 2.73. The Morgan fingerprint density at radius 3 is 2.50 bits per heavy atom. The Labute approximate surface area is 194 Å². The third-order valence-corrected chi connectivity index (χ3v) is 6.92. The van der Waals surface area contributed by atoms with Crippen LogP contribution in [0.5, 0.6) is 0 Å². The van der Waals surface area contributed by atoms with Crippen LogP contribution in [0, 0.1) is 5.92 Å². The van der Waals surface area contributed by atoms with E-state index in [2.05, 4.69) is 48.9 Å². The lowest BCUT2D eigenvalue weighted by molar-refractivity contribution is -0.119. The van der Waals surface area contributed by atoms with E-state index in [9.17, 15) is 9.90 Å². The molecule has 2 aliphatic rings. The Morgan fingerprint density at radius 1 is 1.19 bits per heavy atom. The number of aliphatic hydroxyl groups excluding tert-OH is 1. The summed E-state index contributed by atoms with van der Waals surface area (Å²) in [5, 5.41) is 12.5. The van der Waals surface area contributed by atoms with E-state index in [1.54, 1.807) is 6.92 Å². The second-order valence-electron chi connectivity index (χ2n) is 10.8. The molecule has 1 aromatic rings. The fourth-order valence-corrected chi connectivity index (χ4v) is 5.03. The molecule has 1 amide bonds. The Balaban J connectivity index is 1.53. The number of piperazine rings is 1. The lowest BCUT2D eigenvalue weighted by Gasteiger charge is -2.41. The van der Waals surface area contributed by atoms with Crippen molar-refractivity contribution in [1.82, 2.24) is 20.2 Å². The monoisotopic (exact) mass is 445 g/mol. The van der Waals surface area contributed by atoms with Gasteiger partial charge in [-0.1, -0.05) is 20.8 Å². The van der Waals surface area contributed by atoms with Crippen LogP contribution in [0.1, 0.15) is 78.2 Å². The summed E-state index contributed by atoms with van der Waals surface area (Å²) in [4.78, 5) is 25.9. The Morgan fingerprint density at radius 2 is 1.91 bits per heavy atom. The van der Waals surface area contributed by atoms with Crippen LogP contribution in [-0.4, -0.2) is 70.8 Å². The molecule has 0 bridgehead atoms. The summed E-state index contributed by atoms with van der Waals surface area (Å²) in [7, 11) is 0. The molecule has 0 aromatic carbocycles. The van der Waals surface area contributed by atoms with Crippen LogP contribution in [0.15, 0.2) is 6.07 Å². The van der Waals surface area contributed by atoms with Gasteiger partial charge in [-0.25, -0.2) is 9.97 Å². The first-order valence-electron chi connectivity index (χ1n) is 12.4. The molecular weight excluding hydrogens is 402 g/mol. The molecule has 180 valence electrons. The van der Waals surface area contributed by atoms with E-state index in [0.29, 0.717) is 18.5 Å². The summed E-state index contributed by atoms with van der Waals surface area (Å²) in [5.41, 5.74) is 0.802. The number of nitrogens with zero attached hydrogens (tertiary/aromatic N) is 4. The molecule has 1 aliphatic heterocycles. The molecule has 2 N–H and O–H groups in total. The summed E-state index contributed by atoms with van der Waals surface area (Å²) < 4.78 is 0. The lowest BCUT2D eigenvalue weighted by Crippen LogP contribution is -2.52. The number of carbonyl (C=O) groups is 1. The minimum Gasteiger partial charge on any atom is -0.396 e. The van der Waals surface area contributed by atoms with Crippen LogP contribution in [0.3, 0.4) is 0 Å². The normalized spacial score (nSPS) is 25.1. The molecule has 32 heavy (non-hydrogen) atoms. The topological polar surface area (TPSA) is 81.6 Å². The van der Waals surface area contributed by atoms with E-state index in [4.69, 9.17) is 9.97 Å². The molecule has 1 atom stereocenters. The molecule has 7 nitrogen and oxygen atoms in total.